The molecule has 0 heterocycles. The van der Waals surface area contributed by atoms with Gasteiger partial charge in [-0.2, -0.15) is 0 Å². The van der Waals surface area contributed by atoms with E-state index in [1.807, 2.05) is 6.07 Å². The summed E-state index contributed by atoms with van der Waals surface area (Å²) >= 11 is 0. The number of carbonyl (C=O) groups is 1. The van der Waals surface area contributed by atoms with Gasteiger partial charge in [-0.05, 0) is 42.6 Å². The molecule has 6 heteroatoms. The van der Waals surface area contributed by atoms with Gasteiger partial charge in [0.2, 0.25) is 0 Å². The molecule has 0 N–H and O–H groups in total. The van der Waals surface area contributed by atoms with Crippen molar-refractivity contribution < 1.29 is 23.4 Å². The summed E-state index contributed by atoms with van der Waals surface area (Å²) in [6, 6.07) is 3.59. The van der Waals surface area contributed by atoms with Crippen LogP contribution in [0.25, 0.3) is 0 Å². The molecule has 1 aromatic rings. The number of benzene rings is 1. The predicted octanol–water partition coefficient (Wildman–Crippen LogP) is 5.22. The van der Waals surface area contributed by atoms with E-state index in [1.165, 1.54) is 7.11 Å². The fourth-order valence-electron chi connectivity index (χ4n) is 2.78. The molecule has 5 nitrogen and oxygen atoms in total. The fraction of sp³-hybridized carbons (Fsp3) is 0.667. The highest BCUT2D eigenvalue weighted by atomic mass is 28.4. The van der Waals surface area contributed by atoms with E-state index in [0.29, 0.717) is 23.5 Å². The van der Waals surface area contributed by atoms with E-state index in [9.17, 15) is 4.79 Å². The summed E-state index contributed by atoms with van der Waals surface area (Å²) in [6.07, 6.45) is 2.56. The first-order valence-electron chi connectivity index (χ1n) is 9.51. The summed E-state index contributed by atoms with van der Waals surface area (Å²) in [5.41, 5.74) is 1.27. The molecule has 0 aromatic heterocycles. The average Bonchev–Trinajstić information content (AvgIpc) is 2.59. The lowest BCUT2D eigenvalue weighted by molar-refractivity contribution is 0.0594. The Morgan fingerprint density at radius 1 is 1.11 bits per heavy atom. The topological polar surface area (TPSA) is 54.0 Å². The molecule has 27 heavy (non-hydrogen) atoms. The lowest BCUT2D eigenvalue weighted by Crippen LogP contribution is -2.44. The van der Waals surface area contributed by atoms with E-state index < -0.39 is 14.3 Å². The van der Waals surface area contributed by atoms with E-state index in [0.717, 1.165) is 18.4 Å². The maximum absolute atomic E-state index is 12.4. The van der Waals surface area contributed by atoms with Gasteiger partial charge >= 0.3 is 5.97 Å². The van der Waals surface area contributed by atoms with Crippen molar-refractivity contribution in [1.82, 2.24) is 0 Å². The maximum Gasteiger partial charge on any atom is 0.341 e. The highest BCUT2D eigenvalue weighted by Gasteiger charge is 2.39. The minimum atomic E-state index is -1.93. The first-order chi connectivity index (χ1) is 12.5. The zero-order chi connectivity index (χ0) is 20.8. The molecule has 1 rings (SSSR count). The molecule has 1 atom stereocenters. The van der Waals surface area contributed by atoms with E-state index in [1.54, 1.807) is 20.3 Å². The fourth-order valence-corrected chi connectivity index (χ4v) is 4.17. The second-order valence-electron chi connectivity index (χ2n) is 8.35. The molecule has 1 unspecified atom stereocenters. The number of esters is 1. The van der Waals surface area contributed by atoms with Gasteiger partial charge in [-0.15, -0.1) is 0 Å². The second kappa shape index (κ2) is 9.60. The molecule has 0 bridgehead atoms. The summed E-state index contributed by atoms with van der Waals surface area (Å²) in [5.74, 6) is 0.697. The zero-order valence-corrected chi connectivity index (χ0v) is 19.4. The molecule has 0 amide bonds. The normalized spacial score (nSPS) is 13.2. The van der Waals surface area contributed by atoms with Crippen LogP contribution >= 0.6 is 0 Å². The summed E-state index contributed by atoms with van der Waals surface area (Å²) in [6.45, 7) is 13.4. The van der Waals surface area contributed by atoms with Crippen molar-refractivity contribution in [3.8, 4) is 11.5 Å². The second-order valence-corrected chi connectivity index (χ2v) is 13.1. The minimum absolute atomic E-state index is 0.0242. The Bertz CT molecular complexity index is 634. The van der Waals surface area contributed by atoms with E-state index in [-0.39, 0.29) is 11.1 Å². The van der Waals surface area contributed by atoms with Crippen molar-refractivity contribution in [3.63, 3.8) is 0 Å². The highest BCUT2D eigenvalue weighted by Crippen LogP contribution is 2.39. The zero-order valence-electron chi connectivity index (χ0n) is 18.4. The van der Waals surface area contributed by atoms with Gasteiger partial charge in [0, 0.05) is 12.2 Å². The van der Waals surface area contributed by atoms with Crippen molar-refractivity contribution in [2.24, 2.45) is 0 Å². The monoisotopic (exact) mass is 396 g/mol. The summed E-state index contributed by atoms with van der Waals surface area (Å²) < 4.78 is 22.5. The Kier molecular flexibility index (Phi) is 8.36. The van der Waals surface area contributed by atoms with Crippen molar-refractivity contribution in [1.29, 1.82) is 0 Å². The quantitative estimate of drug-likeness (QED) is 0.423. The third kappa shape index (κ3) is 5.97. The maximum atomic E-state index is 12.4. The van der Waals surface area contributed by atoms with Crippen molar-refractivity contribution in [2.75, 3.05) is 21.3 Å². The molecular formula is C21H36O5Si. The Morgan fingerprint density at radius 2 is 1.74 bits per heavy atom. The van der Waals surface area contributed by atoms with Crippen LogP contribution in [0.2, 0.25) is 18.1 Å². The van der Waals surface area contributed by atoms with Gasteiger partial charge in [0.25, 0.3) is 0 Å². The number of ether oxygens (including phenoxy) is 3. The Balaban J connectivity index is 3.33. The van der Waals surface area contributed by atoms with Crippen molar-refractivity contribution in [3.05, 3.63) is 23.3 Å². The van der Waals surface area contributed by atoms with Crippen LogP contribution in [0.15, 0.2) is 12.1 Å². The molecular weight excluding hydrogens is 360 g/mol. The van der Waals surface area contributed by atoms with Crippen LogP contribution in [0.1, 0.15) is 56.5 Å². The van der Waals surface area contributed by atoms with Gasteiger partial charge in [-0.1, -0.05) is 34.1 Å². The predicted molar refractivity (Wildman–Crippen MR) is 112 cm³/mol. The molecule has 0 aliphatic rings. The molecule has 0 saturated heterocycles. The van der Waals surface area contributed by atoms with Crippen LogP contribution in [0.3, 0.4) is 0 Å². The molecule has 0 radical (unpaired) electrons. The molecule has 1 aromatic carbocycles. The molecule has 154 valence electrons. The van der Waals surface area contributed by atoms with Crippen molar-refractivity contribution >= 4 is 14.3 Å². The lowest BCUT2D eigenvalue weighted by atomic mass is 9.98. The molecule has 0 aliphatic carbocycles. The standard InChI is InChI=1S/C21H36O5Si/c1-10-11-16(26-27(8,9)21(2,3)4)12-15-13-17(23-5)14-18(24-6)19(15)20(22)25-7/h13-14,16H,10-12H2,1-9H3. The summed E-state index contributed by atoms with van der Waals surface area (Å²) in [7, 11) is 2.59. The van der Waals surface area contributed by atoms with Crippen LogP contribution < -0.4 is 9.47 Å². The van der Waals surface area contributed by atoms with E-state index in [4.69, 9.17) is 18.6 Å². The SMILES string of the molecule is CCCC(Cc1cc(OC)cc(OC)c1C(=O)OC)O[Si](C)(C)C(C)(C)C. The first-order valence-corrected chi connectivity index (χ1v) is 12.4. The third-order valence-corrected chi connectivity index (χ3v) is 9.86. The third-order valence-electron chi connectivity index (χ3n) is 5.33. The number of hydrogen-bond donors (Lipinski definition) is 0. The molecule has 0 aliphatic heterocycles. The van der Waals surface area contributed by atoms with Gasteiger partial charge in [0.15, 0.2) is 8.32 Å². The minimum Gasteiger partial charge on any atom is -0.497 e. The van der Waals surface area contributed by atoms with Gasteiger partial charge < -0.3 is 18.6 Å². The highest BCUT2D eigenvalue weighted by molar-refractivity contribution is 6.74. The van der Waals surface area contributed by atoms with Crippen LogP contribution in [0, 0.1) is 0 Å². The molecule has 0 saturated carbocycles. The van der Waals surface area contributed by atoms with Crippen LogP contribution in [0.4, 0.5) is 0 Å². The van der Waals surface area contributed by atoms with Gasteiger partial charge in [0.1, 0.15) is 17.1 Å². The van der Waals surface area contributed by atoms with Crippen LogP contribution in [0.5, 0.6) is 11.5 Å². The Morgan fingerprint density at radius 3 is 2.19 bits per heavy atom. The summed E-state index contributed by atoms with van der Waals surface area (Å²) in [4.78, 5) is 12.4. The number of methoxy groups -OCH3 is 3. The average molecular weight is 397 g/mol. The van der Waals surface area contributed by atoms with E-state index in [2.05, 4.69) is 40.8 Å². The van der Waals surface area contributed by atoms with E-state index >= 15 is 0 Å². The lowest BCUT2D eigenvalue weighted by Gasteiger charge is -2.39. The van der Waals surface area contributed by atoms with Gasteiger partial charge in [-0.25, -0.2) is 4.79 Å². The smallest absolute Gasteiger partial charge is 0.341 e. The number of rotatable bonds is 9. The van der Waals surface area contributed by atoms with Crippen LogP contribution in [-0.4, -0.2) is 41.7 Å². The first kappa shape index (κ1) is 23.5. The van der Waals surface area contributed by atoms with Crippen LogP contribution in [-0.2, 0) is 15.6 Å². The summed E-state index contributed by atoms with van der Waals surface area (Å²) in [5, 5.41) is 0.121. The Labute approximate surface area is 165 Å². The largest absolute Gasteiger partial charge is 0.497 e. The van der Waals surface area contributed by atoms with Crippen molar-refractivity contribution in [2.45, 2.75) is 71.2 Å². The molecule has 0 fully saturated rings. The van der Waals surface area contributed by atoms with Gasteiger partial charge in [-0.3, -0.25) is 0 Å². The number of hydrogen-bond acceptors (Lipinski definition) is 5. The Hall–Kier alpha value is -1.53. The number of carbonyl (C=O) groups excluding carboxylic acids is 1. The molecule has 0 spiro atoms. The van der Waals surface area contributed by atoms with Gasteiger partial charge in [0.05, 0.1) is 21.3 Å².